The number of rotatable bonds is 4. The van der Waals surface area contributed by atoms with Gasteiger partial charge in [-0.25, -0.2) is 0 Å². The van der Waals surface area contributed by atoms with Crippen molar-refractivity contribution in [2.24, 2.45) is 5.41 Å². The molecule has 1 aliphatic rings. The minimum Gasteiger partial charge on any atom is -0.481 e. The minimum atomic E-state index is -0.692. The van der Waals surface area contributed by atoms with Crippen molar-refractivity contribution in [3.63, 3.8) is 0 Å². The fourth-order valence-corrected chi connectivity index (χ4v) is 1.77. The Balaban J connectivity index is 2.34. The van der Waals surface area contributed by atoms with Crippen LogP contribution in [0.2, 0.25) is 0 Å². The van der Waals surface area contributed by atoms with E-state index in [9.17, 15) is 4.79 Å². The third kappa shape index (κ3) is 2.69. The van der Waals surface area contributed by atoms with Crippen LogP contribution in [0, 0.1) is 5.41 Å². The summed E-state index contributed by atoms with van der Waals surface area (Å²) in [6.45, 7) is 2.11. The molecular formula is C10H18O4. The highest BCUT2D eigenvalue weighted by atomic mass is 16.7. The predicted molar refractivity (Wildman–Crippen MR) is 51.0 cm³/mol. The summed E-state index contributed by atoms with van der Waals surface area (Å²) in [7, 11) is 1.59. The molecule has 4 nitrogen and oxygen atoms in total. The van der Waals surface area contributed by atoms with E-state index in [0.29, 0.717) is 19.6 Å². The van der Waals surface area contributed by atoms with Crippen molar-refractivity contribution in [1.82, 2.24) is 0 Å². The van der Waals surface area contributed by atoms with Crippen molar-refractivity contribution < 1.29 is 19.4 Å². The van der Waals surface area contributed by atoms with E-state index in [2.05, 4.69) is 0 Å². The number of carbonyl (C=O) groups is 1. The topological polar surface area (TPSA) is 55.8 Å². The van der Waals surface area contributed by atoms with Gasteiger partial charge in [0.1, 0.15) is 6.79 Å². The molecule has 0 atom stereocenters. The Labute approximate surface area is 84.2 Å². The van der Waals surface area contributed by atoms with Crippen LogP contribution in [0.4, 0.5) is 0 Å². The Hall–Kier alpha value is -0.610. The van der Waals surface area contributed by atoms with Gasteiger partial charge in [-0.05, 0) is 32.6 Å². The van der Waals surface area contributed by atoms with Crippen LogP contribution in [-0.2, 0) is 14.3 Å². The first-order chi connectivity index (χ1) is 6.58. The monoisotopic (exact) mass is 202 g/mol. The highest BCUT2D eigenvalue weighted by Gasteiger charge is 2.37. The molecule has 14 heavy (non-hydrogen) atoms. The molecule has 0 saturated heterocycles. The second-order valence-corrected chi connectivity index (χ2v) is 4.14. The van der Waals surface area contributed by atoms with Crippen LogP contribution in [0.3, 0.4) is 0 Å². The van der Waals surface area contributed by atoms with E-state index in [4.69, 9.17) is 14.6 Å². The first-order valence-corrected chi connectivity index (χ1v) is 4.92. The summed E-state index contributed by atoms with van der Waals surface area (Å²) >= 11 is 0. The number of hydrogen-bond donors (Lipinski definition) is 1. The van der Waals surface area contributed by atoms with E-state index < -0.39 is 11.4 Å². The summed E-state index contributed by atoms with van der Waals surface area (Å²) in [6.07, 6.45) is 3.17. The van der Waals surface area contributed by atoms with Crippen LogP contribution >= 0.6 is 0 Å². The lowest BCUT2D eigenvalue weighted by Crippen LogP contribution is -2.35. The number of aliphatic carboxylic acids is 1. The maximum absolute atomic E-state index is 10.9. The summed E-state index contributed by atoms with van der Waals surface area (Å²) in [5.74, 6) is -0.692. The third-order valence-corrected chi connectivity index (χ3v) is 2.97. The molecule has 0 unspecified atom stereocenters. The standard InChI is InChI=1S/C10H18O4/c1-10(9(11)12)5-3-8(4-6-10)14-7-13-2/h8H,3-7H2,1-2H3,(H,11,12). The SMILES string of the molecule is COCOC1CCC(C)(C(=O)O)CC1. The Morgan fingerprint density at radius 2 is 2.07 bits per heavy atom. The van der Waals surface area contributed by atoms with E-state index in [0.717, 1.165) is 12.8 Å². The van der Waals surface area contributed by atoms with Crippen molar-refractivity contribution in [2.45, 2.75) is 38.7 Å². The van der Waals surface area contributed by atoms with Gasteiger partial charge in [-0.2, -0.15) is 0 Å². The quantitative estimate of drug-likeness (QED) is 0.704. The number of carboxylic acid groups (broad SMARTS) is 1. The zero-order valence-corrected chi connectivity index (χ0v) is 8.78. The fraction of sp³-hybridized carbons (Fsp3) is 0.900. The van der Waals surface area contributed by atoms with Crippen LogP contribution in [-0.4, -0.2) is 31.1 Å². The predicted octanol–water partition coefficient (Wildman–Crippen LogP) is 1.64. The van der Waals surface area contributed by atoms with Gasteiger partial charge in [0.05, 0.1) is 11.5 Å². The zero-order chi connectivity index (χ0) is 10.6. The first kappa shape index (κ1) is 11.5. The number of carboxylic acids is 1. The molecule has 1 aliphatic carbocycles. The third-order valence-electron chi connectivity index (χ3n) is 2.97. The van der Waals surface area contributed by atoms with Crippen molar-refractivity contribution in [3.05, 3.63) is 0 Å². The van der Waals surface area contributed by atoms with E-state index in [1.165, 1.54) is 0 Å². The molecule has 1 N–H and O–H groups in total. The van der Waals surface area contributed by atoms with E-state index in [1.54, 1.807) is 7.11 Å². The molecule has 1 saturated carbocycles. The summed E-state index contributed by atoms with van der Waals surface area (Å²) in [5, 5.41) is 8.99. The molecule has 1 rings (SSSR count). The average molecular weight is 202 g/mol. The first-order valence-electron chi connectivity index (χ1n) is 4.92. The van der Waals surface area contributed by atoms with Crippen LogP contribution in [0.5, 0.6) is 0 Å². The second kappa shape index (κ2) is 4.75. The van der Waals surface area contributed by atoms with Crippen molar-refractivity contribution in [3.8, 4) is 0 Å². The molecule has 82 valence electrons. The molecule has 0 heterocycles. The number of methoxy groups -OCH3 is 1. The van der Waals surface area contributed by atoms with Gasteiger partial charge >= 0.3 is 5.97 Å². The van der Waals surface area contributed by atoms with Crippen LogP contribution < -0.4 is 0 Å². The molecule has 0 aliphatic heterocycles. The Morgan fingerprint density at radius 3 is 2.50 bits per heavy atom. The van der Waals surface area contributed by atoms with Gasteiger partial charge in [-0.1, -0.05) is 0 Å². The van der Waals surface area contributed by atoms with E-state index >= 15 is 0 Å². The van der Waals surface area contributed by atoms with Crippen molar-refractivity contribution in [2.75, 3.05) is 13.9 Å². The molecule has 0 aromatic heterocycles. The molecule has 0 aromatic carbocycles. The van der Waals surface area contributed by atoms with Crippen LogP contribution in [0.25, 0.3) is 0 Å². The summed E-state index contributed by atoms with van der Waals surface area (Å²) in [4.78, 5) is 10.9. The van der Waals surface area contributed by atoms with Gasteiger partial charge in [-0.3, -0.25) is 4.79 Å². The molecule has 4 heteroatoms. The maximum Gasteiger partial charge on any atom is 0.309 e. The van der Waals surface area contributed by atoms with Gasteiger partial charge in [-0.15, -0.1) is 0 Å². The molecule has 0 bridgehead atoms. The van der Waals surface area contributed by atoms with Gasteiger partial charge in [0, 0.05) is 7.11 Å². The van der Waals surface area contributed by atoms with Crippen LogP contribution in [0.15, 0.2) is 0 Å². The van der Waals surface area contributed by atoms with Gasteiger partial charge in [0.15, 0.2) is 0 Å². The number of hydrogen-bond acceptors (Lipinski definition) is 3. The molecule has 0 amide bonds. The van der Waals surface area contributed by atoms with Crippen molar-refractivity contribution >= 4 is 5.97 Å². The summed E-state index contributed by atoms with van der Waals surface area (Å²) in [5.41, 5.74) is -0.549. The second-order valence-electron chi connectivity index (χ2n) is 4.14. The molecule has 0 radical (unpaired) electrons. The zero-order valence-electron chi connectivity index (χ0n) is 8.78. The Bertz CT molecular complexity index is 194. The Morgan fingerprint density at radius 1 is 1.50 bits per heavy atom. The Kier molecular flexibility index (Phi) is 3.89. The summed E-state index contributed by atoms with van der Waals surface area (Å²) in [6, 6.07) is 0. The largest absolute Gasteiger partial charge is 0.481 e. The summed E-state index contributed by atoms with van der Waals surface area (Å²) < 4.78 is 10.2. The average Bonchev–Trinajstić information content (AvgIpc) is 2.17. The normalized spacial score (nSPS) is 32.9. The molecular weight excluding hydrogens is 184 g/mol. The number of ether oxygens (including phenoxy) is 2. The minimum absolute atomic E-state index is 0.169. The highest BCUT2D eigenvalue weighted by molar-refractivity contribution is 5.74. The van der Waals surface area contributed by atoms with E-state index in [-0.39, 0.29) is 6.10 Å². The lowest BCUT2D eigenvalue weighted by molar-refractivity contribution is -0.153. The van der Waals surface area contributed by atoms with Crippen LogP contribution in [0.1, 0.15) is 32.6 Å². The van der Waals surface area contributed by atoms with E-state index in [1.807, 2.05) is 6.92 Å². The highest BCUT2D eigenvalue weighted by Crippen LogP contribution is 2.36. The maximum atomic E-state index is 10.9. The van der Waals surface area contributed by atoms with Gasteiger partial charge in [0.2, 0.25) is 0 Å². The molecule has 0 aromatic rings. The van der Waals surface area contributed by atoms with Crippen molar-refractivity contribution in [1.29, 1.82) is 0 Å². The van der Waals surface area contributed by atoms with Gasteiger partial charge < -0.3 is 14.6 Å². The molecule has 1 fully saturated rings. The lowest BCUT2D eigenvalue weighted by atomic mass is 9.75. The lowest BCUT2D eigenvalue weighted by Gasteiger charge is -2.33. The molecule has 0 spiro atoms. The smallest absolute Gasteiger partial charge is 0.309 e. The fourth-order valence-electron chi connectivity index (χ4n) is 1.77. The van der Waals surface area contributed by atoms with Gasteiger partial charge in [0.25, 0.3) is 0 Å².